The molecule has 2 heterocycles. The second-order valence-electron chi connectivity index (χ2n) is 5.02. The molecule has 2 rings (SSSR count). The van der Waals surface area contributed by atoms with Crippen molar-refractivity contribution >= 4 is 34.0 Å². The summed E-state index contributed by atoms with van der Waals surface area (Å²) in [7, 11) is 0. The fourth-order valence-electron chi connectivity index (χ4n) is 2.31. The lowest BCUT2D eigenvalue weighted by atomic mass is 10.2. The summed E-state index contributed by atoms with van der Waals surface area (Å²) in [5.41, 5.74) is 0.336. The monoisotopic (exact) mass is 328 g/mol. The van der Waals surface area contributed by atoms with Crippen molar-refractivity contribution in [3.8, 4) is 6.07 Å². The average molecular weight is 329 g/mol. The maximum absolute atomic E-state index is 12.2. The summed E-state index contributed by atoms with van der Waals surface area (Å²) in [6, 6.07) is 2.00. The van der Waals surface area contributed by atoms with Crippen LogP contribution in [0.15, 0.2) is 0 Å². The maximum Gasteiger partial charge on any atom is 0.224 e. The van der Waals surface area contributed by atoms with E-state index < -0.39 is 0 Å². The molecule has 0 spiro atoms. The van der Waals surface area contributed by atoms with Crippen LogP contribution in [0.3, 0.4) is 0 Å². The SMILES string of the molecule is C[C@@H]1CN(C(=O)CCNc2snc(Cl)c2C#N)C[C@@H](C)O1. The molecule has 1 aliphatic heterocycles. The predicted molar refractivity (Wildman–Crippen MR) is 81.5 cm³/mol. The minimum Gasteiger partial charge on any atom is -0.374 e. The Morgan fingerprint density at radius 3 is 2.86 bits per heavy atom. The summed E-state index contributed by atoms with van der Waals surface area (Å²) in [5.74, 6) is 0.0821. The van der Waals surface area contributed by atoms with Crippen LogP contribution in [-0.4, -0.2) is 47.0 Å². The van der Waals surface area contributed by atoms with Crippen molar-refractivity contribution in [3.05, 3.63) is 10.7 Å². The highest BCUT2D eigenvalue weighted by Gasteiger charge is 2.25. The number of halogens is 1. The van der Waals surface area contributed by atoms with Gasteiger partial charge in [0.1, 0.15) is 16.6 Å². The van der Waals surface area contributed by atoms with Crippen LogP contribution in [0.1, 0.15) is 25.8 Å². The normalized spacial score (nSPS) is 21.9. The molecule has 114 valence electrons. The van der Waals surface area contributed by atoms with Crippen molar-refractivity contribution in [1.82, 2.24) is 9.27 Å². The van der Waals surface area contributed by atoms with Gasteiger partial charge < -0.3 is 15.0 Å². The number of hydrogen-bond acceptors (Lipinski definition) is 6. The number of amides is 1. The molecule has 1 saturated heterocycles. The van der Waals surface area contributed by atoms with Crippen LogP contribution in [-0.2, 0) is 9.53 Å². The lowest BCUT2D eigenvalue weighted by Gasteiger charge is -2.35. The van der Waals surface area contributed by atoms with E-state index in [1.807, 2.05) is 24.8 Å². The highest BCUT2D eigenvalue weighted by atomic mass is 35.5. The molecule has 0 bridgehead atoms. The second kappa shape index (κ2) is 7.07. The number of rotatable bonds is 4. The predicted octanol–water partition coefficient (Wildman–Crippen LogP) is 2.11. The minimum absolute atomic E-state index is 0.0659. The van der Waals surface area contributed by atoms with E-state index in [4.69, 9.17) is 21.6 Å². The van der Waals surface area contributed by atoms with E-state index in [1.165, 1.54) is 0 Å². The molecule has 8 heteroatoms. The molecule has 21 heavy (non-hydrogen) atoms. The van der Waals surface area contributed by atoms with Crippen LogP contribution in [0, 0.1) is 11.3 Å². The van der Waals surface area contributed by atoms with E-state index in [-0.39, 0.29) is 23.3 Å². The zero-order valence-electron chi connectivity index (χ0n) is 11.9. The van der Waals surface area contributed by atoms with E-state index >= 15 is 0 Å². The molecule has 0 radical (unpaired) electrons. The third-order valence-electron chi connectivity index (χ3n) is 3.16. The molecule has 1 aliphatic rings. The first-order valence-corrected chi connectivity index (χ1v) is 7.88. The van der Waals surface area contributed by atoms with Crippen molar-refractivity contribution in [1.29, 1.82) is 5.26 Å². The molecule has 2 atom stereocenters. The van der Waals surface area contributed by atoms with Crippen LogP contribution in [0.5, 0.6) is 0 Å². The lowest BCUT2D eigenvalue weighted by Crippen LogP contribution is -2.48. The Balaban J connectivity index is 1.83. The largest absolute Gasteiger partial charge is 0.374 e. The summed E-state index contributed by atoms with van der Waals surface area (Å²) >= 11 is 6.92. The van der Waals surface area contributed by atoms with Crippen LogP contribution in [0.25, 0.3) is 0 Å². The molecule has 1 amide bonds. The van der Waals surface area contributed by atoms with Crippen molar-refractivity contribution in [2.45, 2.75) is 32.5 Å². The first kappa shape index (κ1) is 16.0. The quantitative estimate of drug-likeness (QED) is 0.915. The van der Waals surface area contributed by atoms with Gasteiger partial charge >= 0.3 is 0 Å². The zero-order chi connectivity index (χ0) is 15.4. The van der Waals surface area contributed by atoms with Gasteiger partial charge in [0.2, 0.25) is 5.91 Å². The van der Waals surface area contributed by atoms with Crippen molar-refractivity contribution in [3.63, 3.8) is 0 Å². The zero-order valence-corrected chi connectivity index (χ0v) is 13.5. The lowest BCUT2D eigenvalue weighted by molar-refractivity contribution is -0.142. The van der Waals surface area contributed by atoms with Gasteiger partial charge in [0.05, 0.1) is 12.2 Å². The highest BCUT2D eigenvalue weighted by molar-refractivity contribution is 7.10. The fourth-order valence-corrected chi connectivity index (χ4v) is 3.27. The van der Waals surface area contributed by atoms with Crippen molar-refractivity contribution < 1.29 is 9.53 Å². The Kier molecular flexibility index (Phi) is 5.39. The van der Waals surface area contributed by atoms with E-state index in [2.05, 4.69) is 9.69 Å². The number of carbonyl (C=O) groups is 1. The molecule has 0 aromatic carbocycles. The molecule has 1 N–H and O–H groups in total. The van der Waals surface area contributed by atoms with Crippen LogP contribution < -0.4 is 5.32 Å². The fraction of sp³-hybridized carbons (Fsp3) is 0.615. The number of nitriles is 1. The molecular weight excluding hydrogens is 312 g/mol. The Hall–Kier alpha value is -1.36. The summed E-state index contributed by atoms with van der Waals surface area (Å²) in [4.78, 5) is 14.0. The average Bonchev–Trinajstić information content (AvgIpc) is 2.78. The Morgan fingerprint density at radius 1 is 1.57 bits per heavy atom. The third-order valence-corrected chi connectivity index (χ3v) is 4.34. The van der Waals surface area contributed by atoms with Crippen LogP contribution >= 0.6 is 23.1 Å². The number of morpholine rings is 1. The topological polar surface area (TPSA) is 78.3 Å². The van der Waals surface area contributed by atoms with Crippen molar-refractivity contribution in [2.75, 3.05) is 25.0 Å². The number of aromatic nitrogens is 1. The maximum atomic E-state index is 12.2. The molecule has 0 aliphatic carbocycles. The number of nitrogens with zero attached hydrogens (tertiary/aromatic N) is 3. The number of anilines is 1. The first-order chi connectivity index (χ1) is 10.0. The summed E-state index contributed by atoms with van der Waals surface area (Å²) < 4.78 is 9.51. The van der Waals surface area contributed by atoms with E-state index in [1.54, 1.807) is 0 Å². The number of carbonyl (C=O) groups excluding carboxylic acids is 1. The number of nitrogens with one attached hydrogen (secondary N) is 1. The number of ether oxygens (including phenoxy) is 1. The van der Waals surface area contributed by atoms with Gasteiger partial charge in [0, 0.05) is 26.1 Å². The van der Waals surface area contributed by atoms with Gasteiger partial charge in [0.15, 0.2) is 5.15 Å². The Morgan fingerprint density at radius 2 is 2.24 bits per heavy atom. The van der Waals surface area contributed by atoms with Gasteiger partial charge in [0.25, 0.3) is 0 Å². The van der Waals surface area contributed by atoms with Gasteiger partial charge in [-0.15, -0.1) is 0 Å². The van der Waals surface area contributed by atoms with Gasteiger partial charge in [-0.05, 0) is 25.4 Å². The van der Waals surface area contributed by atoms with Gasteiger partial charge in [-0.25, -0.2) is 0 Å². The molecular formula is C13H17ClN4O2S. The Labute approximate surface area is 132 Å². The van der Waals surface area contributed by atoms with Crippen LogP contribution in [0.2, 0.25) is 5.15 Å². The summed E-state index contributed by atoms with van der Waals surface area (Å²) in [5, 5.41) is 12.8. The van der Waals surface area contributed by atoms with Gasteiger partial charge in [-0.1, -0.05) is 11.6 Å². The molecule has 0 unspecified atom stereocenters. The molecule has 0 saturated carbocycles. The minimum atomic E-state index is 0.0659. The summed E-state index contributed by atoms with van der Waals surface area (Å²) in [6.07, 6.45) is 0.493. The van der Waals surface area contributed by atoms with E-state index in [0.29, 0.717) is 36.6 Å². The van der Waals surface area contributed by atoms with Crippen molar-refractivity contribution in [2.24, 2.45) is 0 Å². The smallest absolute Gasteiger partial charge is 0.224 e. The van der Waals surface area contributed by atoms with Gasteiger partial charge in [-0.2, -0.15) is 9.64 Å². The first-order valence-electron chi connectivity index (χ1n) is 6.73. The highest BCUT2D eigenvalue weighted by Crippen LogP contribution is 2.27. The number of hydrogen-bond donors (Lipinski definition) is 1. The summed E-state index contributed by atoms with van der Waals surface area (Å²) in [6.45, 7) is 5.63. The van der Waals surface area contributed by atoms with E-state index in [0.717, 1.165) is 11.5 Å². The second-order valence-corrected chi connectivity index (χ2v) is 6.15. The van der Waals surface area contributed by atoms with E-state index in [9.17, 15) is 4.79 Å². The molecule has 6 nitrogen and oxygen atoms in total. The molecule has 1 aromatic rings. The van der Waals surface area contributed by atoms with Crippen LogP contribution in [0.4, 0.5) is 5.00 Å². The van der Waals surface area contributed by atoms with Gasteiger partial charge in [-0.3, -0.25) is 4.79 Å². The molecule has 1 fully saturated rings. The standard InChI is InChI=1S/C13H17ClN4O2S/c1-8-6-18(7-9(2)20-8)11(19)3-4-16-13-10(5-15)12(14)17-21-13/h8-9,16H,3-4,6-7H2,1-2H3/t8-,9-/m1/s1. The Bertz CT molecular complexity index is 547. The third kappa shape index (κ3) is 4.06. The molecule has 1 aromatic heterocycles.